The summed E-state index contributed by atoms with van der Waals surface area (Å²) in [5.41, 5.74) is 2.79. The van der Waals surface area contributed by atoms with Crippen molar-refractivity contribution >= 4 is 0 Å². The second-order valence-corrected chi connectivity index (χ2v) is 4.01. The van der Waals surface area contributed by atoms with Crippen LogP contribution in [0.15, 0.2) is 53.2 Å². The third-order valence-corrected chi connectivity index (χ3v) is 2.59. The van der Waals surface area contributed by atoms with E-state index in [2.05, 4.69) is 15.1 Å². The van der Waals surface area contributed by atoms with Gasteiger partial charge >= 0.3 is 0 Å². The topological polar surface area (TPSA) is 51.8 Å². The molecule has 0 atom stereocenters. The number of benzene rings is 1. The van der Waals surface area contributed by atoms with Gasteiger partial charge in [0.15, 0.2) is 0 Å². The van der Waals surface area contributed by atoms with Crippen LogP contribution in [0, 0.1) is 6.92 Å². The minimum absolute atomic E-state index is 0.437. The molecular formula is C16H17N3O. The monoisotopic (exact) mass is 267 g/mol. The van der Waals surface area contributed by atoms with E-state index < -0.39 is 0 Å². The summed E-state index contributed by atoms with van der Waals surface area (Å²) in [6.07, 6.45) is 1.70. The van der Waals surface area contributed by atoms with Crippen molar-refractivity contribution in [1.29, 1.82) is 0 Å². The van der Waals surface area contributed by atoms with Crippen molar-refractivity contribution in [1.82, 2.24) is 15.1 Å². The first-order chi connectivity index (χ1) is 9.83. The summed E-state index contributed by atoms with van der Waals surface area (Å²) in [7, 11) is 0. The number of rotatable bonds is 2. The summed E-state index contributed by atoms with van der Waals surface area (Å²) in [6, 6.07) is 13.6. The molecule has 0 bridgehead atoms. The maximum Gasteiger partial charge on any atom is 0.276 e. The normalized spacial score (nSPS) is 9.75. The van der Waals surface area contributed by atoms with Crippen LogP contribution < -0.4 is 0 Å². The van der Waals surface area contributed by atoms with Crippen LogP contribution in [0.5, 0.6) is 0 Å². The molecule has 0 saturated heterocycles. The highest BCUT2D eigenvalue weighted by Crippen LogP contribution is 2.21. The zero-order valence-corrected chi connectivity index (χ0v) is 11.9. The molecule has 0 aliphatic rings. The molecule has 0 N–H and O–H groups in total. The summed E-state index contributed by atoms with van der Waals surface area (Å²) in [4.78, 5) is 8.53. The van der Waals surface area contributed by atoms with Crippen LogP contribution in [0.1, 0.15) is 19.4 Å². The van der Waals surface area contributed by atoms with Gasteiger partial charge in [0.05, 0.1) is 0 Å². The summed E-state index contributed by atoms with van der Waals surface area (Å²) in [5.74, 6) is 1.02. The molecule has 20 heavy (non-hydrogen) atoms. The fourth-order valence-electron chi connectivity index (χ4n) is 1.72. The lowest BCUT2D eigenvalue weighted by Crippen LogP contribution is -1.83. The highest BCUT2D eigenvalue weighted by Gasteiger charge is 2.10. The van der Waals surface area contributed by atoms with Gasteiger partial charge in [-0.1, -0.05) is 48.8 Å². The second kappa shape index (κ2) is 6.61. The highest BCUT2D eigenvalue weighted by atomic mass is 16.5. The molecule has 2 aromatic heterocycles. The Bertz CT molecular complexity index is 662. The van der Waals surface area contributed by atoms with Crippen molar-refractivity contribution in [3.63, 3.8) is 0 Å². The number of aromatic nitrogens is 3. The molecule has 3 rings (SSSR count). The van der Waals surface area contributed by atoms with E-state index in [1.54, 1.807) is 6.20 Å². The van der Waals surface area contributed by atoms with Crippen LogP contribution >= 0.6 is 0 Å². The van der Waals surface area contributed by atoms with Gasteiger partial charge in [-0.25, -0.2) is 0 Å². The van der Waals surface area contributed by atoms with Crippen LogP contribution in [-0.4, -0.2) is 15.1 Å². The van der Waals surface area contributed by atoms with Crippen LogP contribution in [-0.2, 0) is 0 Å². The number of pyridine rings is 1. The standard InChI is InChI=1S/C14H11N3O.C2H6/c1-10-5-4-6-11(9-10)13-16-14(18-17-13)12-7-2-3-8-15-12;1-2/h2-9H,1H3;1-2H3. The lowest BCUT2D eigenvalue weighted by molar-refractivity contribution is 0.431. The molecule has 0 aliphatic carbocycles. The van der Waals surface area contributed by atoms with Crippen molar-refractivity contribution < 1.29 is 4.52 Å². The molecule has 0 unspecified atom stereocenters. The number of nitrogens with zero attached hydrogens (tertiary/aromatic N) is 3. The molecule has 0 amide bonds. The van der Waals surface area contributed by atoms with Gasteiger partial charge in [-0.2, -0.15) is 4.98 Å². The first-order valence-corrected chi connectivity index (χ1v) is 6.65. The number of aryl methyl sites for hydroxylation is 1. The Kier molecular flexibility index (Phi) is 4.60. The van der Waals surface area contributed by atoms with Crippen LogP contribution in [0.3, 0.4) is 0 Å². The number of hydrogen-bond acceptors (Lipinski definition) is 4. The quantitative estimate of drug-likeness (QED) is 0.700. The zero-order valence-electron chi connectivity index (χ0n) is 11.9. The molecule has 0 aliphatic heterocycles. The average Bonchev–Trinajstić information content (AvgIpc) is 3.00. The molecule has 0 saturated carbocycles. The van der Waals surface area contributed by atoms with Gasteiger partial charge in [0, 0.05) is 11.8 Å². The molecule has 2 heterocycles. The first kappa shape index (κ1) is 13.9. The molecule has 0 fully saturated rings. The van der Waals surface area contributed by atoms with Gasteiger partial charge in [-0.15, -0.1) is 0 Å². The second-order valence-electron chi connectivity index (χ2n) is 4.01. The maximum absolute atomic E-state index is 5.22. The van der Waals surface area contributed by atoms with Gasteiger partial charge in [0.1, 0.15) is 5.69 Å². The van der Waals surface area contributed by atoms with E-state index in [0.717, 1.165) is 11.1 Å². The fourth-order valence-corrected chi connectivity index (χ4v) is 1.72. The van der Waals surface area contributed by atoms with E-state index in [1.807, 2.05) is 63.2 Å². The van der Waals surface area contributed by atoms with E-state index in [0.29, 0.717) is 17.4 Å². The van der Waals surface area contributed by atoms with Crippen LogP contribution in [0.2, 0.25) is 0 Å². The minimum Gasteiger partial charge on any atom is -0.332 e. The lowest BCUT2D eigenvalue weighted by atomic mass is 10.1. The maximum atomic E-state index is 5.22. The Morgan fingerprint density at radius 2 is 1.85 bits per heavy atom. The van der Waals surface area contributed by atoms with Crippen molar-refractivity contribution in [2.75, 3.05) is 0 Å². The van der Waals surface area contributed by atoms with Crippen molar-refractivity contribution in [3.05, 3.63) is 54.2 Å². The predicted octanol–water partition coefficient (Wildman–Crippen LogP) is 4.13. The Hall–Kier alpha value is -2.49. The number of hydrogen-bond donors (Lipinski definition) is 0. The van der Waals surface area contributed by atoms with Gasteiger partial charge in [0.2, 0.25) is 5.82 Å². The van der Waals surface area contributed by atoms with Crippen molar-refractivity contribution in [3.8, 4) is 23.0 Å². The Balaban J connectivity index is 0.000000704. The summed E-state index contributed by atoms with van der Waals surface area (Å²) in [6.45, 7) is 6.03. The third-order valence-electron chi connectivity index (χ3n) is 2.59. The van der Waals surface area contributed by atoms with Crippen molar-refractivity contribution in [2.24, 2.45) is 0 Å². The predicted molar refractivity (Wildman–Crippen MR) is 79.1 cm³/mol. The molecule has 0 spiro atoms. The smallest absolute Gasteiger partial charge is 0.276 e. The van der Waals surface area contributed by atoms with E-state index in [9.17, 15) is 0 Å². The molecule has 4 nitrogen and oxygen atoms in total. The van der Waals surface area contributed by atoms with Gasteiger partial charge in [0.25, 0.3) is 5.89 Å². The molecule has 0 radical (unpaired) electrons. The Morgan fingerprint density at radius 3 is 2.55 bits per heavy atom. The van der Waals surface area contributed by atoms with E-state index in [-0.39, 0.29) is 0 Å². The van der Waals surface area contributed by atoms with Crippen LogP contribution in [0.25, 0.3) is 23.0 Å². The largest absolute Gasteiger partial charge is 0.332 e. The zero-order chi connectivity index (χ0) is 14.4. The molecule has 3 aromatic rings. The van der Waals surface area contributed by atoms with Gasteiger partial charge in [-0.3, -0.25) is 4.98 Å². The third kappa shape index (κ3) is 3.09. The van der Waals surface area contributed by atoms with E-state index >= 15 is 0 Å². The van der Waals surface area contributed by atoms with Gasteiger partial charge < -0.3 is 4.52 Å². The van der Waals surface area contributed by atoms with Crippen LogP contribution in [0.4, 0.5) is 0 Å². The Morgan fingerprint density at radius 1 is 1.00 bits per heavy atom. The van der Waals surface area contributed by atoms with E-state index in [4.69, 9.17) is 4.52 Å². The minimum atomic E-state index is 0.437. The highest BCUT2D eigenvalue weighted by molar-refractivity contribution is 5.58. The molecule has 4 heteroatoms. The summed E-state index contributed by atoms with van der Waals surface area (Å²) < 4.78 is 5.22. The lowest BCUT2D eigenvalue weighted by Gasteiger charge is -1.95. The first-order valence-electron chi connectivity index (χ1n) is 6.65. The molecule has 1 aromatic carbocycles. The van der Waals surface area contributed by atoms with E-state index in [1.165, 1.54) is 0 Å². The van der Waals surface area contributed by atoms with Crippen molar-refractivity contribution in [2.45, 2.75) is 20.8 Å². The average molecular weight is 267 g/mol. The molecule has 102 valence electrons. The summed E-state index contributed by atoms with van der Waals surface area (Å²) in [5, 5.41) is 3.98. The SMILES string of the molecule is CC.Cc1cccc(-c2noc(-c3ccccn3)n2)c1. The Labute approximate surface area is 118 Å². The fraction of sp³-hybridized carbons (Fsp3) is 0.188. The molecular weight excluding hydrogens is 250 g/mol. The van der Waals surface area contributed by atoms with Gasteiger partial charge in [-0.05, 0) is 25.1 Å². The summed E-state index contributed by atoms with van der Waals surface area (Å²) >= 11 is 0.